The molecular weight excluding hydrogens is 512 g/mol. The van der Waals surface area contributed by atoms with Crippen molar-refractivity contribution in [1.29, 1.82) is 0 Å². The lowest BCUT2D eigenvalue weighted by Crippen LogP contribution is -2.21. The van der Waals surface area contributed by atoms with Gasteiger partial charge >= 0.3 is 0 Å². The molecule has 0 saturated heterocycles. The van der Waals surface area contributed by atoms with E-state index in [4.69, 9.17) is 0 Å². The SMILES string of the molecule is CCN(CC)c1ccc(-n2c(C)ccc2-c2ccc(-c3ccc(C)n3-c3ccc(N(CC)CC)cc3C)cc2)c(C)c1. The summed E-state index contributed by atoms with van der Waals surface area (Å²) in [7, 11) is 0. The summed E-state index contributed by atoms with van der Waals surface area (Å²) >= 11 is 0. The van der Waals surface area contributed by atoms with E-state index in [1.165, 1.54) is 67.8 Å². The van der Waals surface area contributed by atoms with Gasteiger partial charge in [0.2, 0.25) is 0 Å². The minimum Gasteiger partial charge on any atom is -0.372 e. The van der Waals surface area contributed by atoms with Gasteiger partial charge in [0.15, 0.2) is 0 Å². The Morgan fingerprint density at radius 3 is 1.12 bits per heavy atom. The van der Waals surface area contributed by atoms with Gasteiger partial charge in [-0.05, 0) is 138 Å². The highest BCUT2D eigenvalue weighted by Crippen LogP contribution is 2.34. The Labute approximate surface area is 252 Å². The Balaban J connectivity index is 1.49. The first-order valence-corrected chi connectivity index (χ1v) is 15.5. The molecule has 0 bridgehead atoms. The van der Waals surface area contributed by atoms with Crippen LogP contribution in [0.15, 0.2) is 84.9 Å². The van der Waals surface area contributed by atoms with Gasteiger partial charge in [-0.15, -0.1) is 0 Å². The Morgan fingerprint density at radius 2 is 0.810 bits per heavy atom. The van der Waals surface area contributed by atoms with Gasteiger partial charge in [0, 0.05) is 60.3 Å². The number of aromatic nitrogens is 2. The maximum absolute atomic E-state index is 2.40. The number of hydrogen-bond donors (Lipinski definition) is 0. The van der Waals surface area contributed by atoms with Gasteiger partial charge in [-0.25, -0.2) is 0 Å². The summed E-state index contributed by atoms with van der Waals surface area (Å²) in [6.07, 6.45) is 0. The largest absolute Gasteiger partial charge is 0.372 e. The second kappa shape index (κ2) is 12.4. The quantitative estimate of drug-likeness (QED) is 0.170. The first kappa shape index (κ1) is 29.3. The maximum Gasteiger partial charge on any atom is 0.0531 e. The van der Waals surface area contributed by atoms with Crippen molar-refractivity contribution in [1.82, 2.24) is 9.13 Å². The number of nitrogens with zero attached hydrogens (tertiary/aromatic N) is 4. The van der Waals surface area contributed by atoms with Gasteiger partial charge in [0.1, 0.15) is 0 Å². The fraction of sp³-hybridized carbons (Fsp3) is 0.316. The van der Waals surface area contributed by atoms with Crippen LogP contribution in [0.4, 0.5) is 11.4 Å². The molecule has 0 aliphatic heterocycles. The van der Waals surface area contributed by atoms with Crippen molar-refractivity contribution < 1.29 is 0 Å². The molecule has 4 nitrogen and oxygen atoms in total. The van der Waals surface area contributed by atoms with Crippen molar-refractivity contribution in [3.63, 3.8) is 0 Å². The van der Waals surface area contributed by atoms with Crippen molar-refractivity contribution >= 4 is 11.4 Å². The second-order valence-corrected chi connectivity index (χ2v) is 11.3. The van der Waals surface area contributed by atoms with E-state index in [-0.39, 0.29) is 0 Å². The van der Waals surface area contributed by atoms with Gasteiger partial charge in [-0.3, -0.25) is 0 Å². The van der Waals surface area contributed by atoms with Crippen LogP contribution < -0.4 is 9.80 Å². The zero-order chi connectivity index (χ0) is 30.0. The predicted octanol–water partition coefficient (Wildman–Crippen LogP) is 9.53. The van der Waals surface area contributed by atoms with Crippen LogP contribution in [-0.4, -0.2) is 35.3 Å². The maximum atomic E-state index is 2.40. The Morgan fingerprint density at radius 1 is 0.452 bits per heavy atom. The summed E-state index contributed by atoms with van der Waals surface area (Å²) in [4.78, 5) is 4.80. The second-order valence-electron chi connectivity index (χ2n) is 11.3. The number of aryl methyl sites for hydroxylation is 4. The fourth-order valence-electron chi connectivity index (χ4n) is 6.33. The van der Waals surface area contributed by atoms with Crippen molar-refractivity contribution in [3.8, 4) is 33.9 Å². The van der Waals surface area contributed by atoms with Gasteiger partial charge in [0.25, 0.3) is 0 Å². The smallest absolute Gasteiger partial charge is 0.0531 e. The number of benzene rings is 3. The van der Waals surface area contributed by atoms with Crippen LogP contribution in [0.5, 0.6) is 0 Å². The van der Waals surface area contributed by atoms with Crippen LogP contribution >= 0.6 is 0 Å². The normalized spacial score (nSPS) is 11.2. The molecule has 0 atom stereocenters. The van der Waals surface area contributed by atoms with Crippen LogP contribution in [0.25, 0.3) is 33.9 Å². The molecule has 0 unspecified atom stereocenters. The van der Waals surface area contributed by atoms with E-state index in [0.717, 1.165) is 26.2 Å². The molecule has 5 aromatic rings. The molecule has 0 N–H and O–H groups in total. The van der Waals surface area contributed by atoms with Gasteiger partial charge in [0.05, 0.1) is 11.4 Å². The molecule has 2 heterocycles. The molecule has 0 aliphatic rings. The molecule has 0 fully saturated rings. The molecular formula is C38H46N4. The summed E-state index contributed by atoms with van der Waals surface area (Å²) in [5.74, 6) is 0. The van der Waals surface area contributed by atoms with Crippen molar-refractivity contribution in [2.24, 2.45) is 0 Å². The van der Waals surface area contributed by atoms with Gasteiger partial charge in [-0.2, -0.15) is 0 Å². The highest BCUT2D eigenvalue weighted by molar-refractivity contribution is 5.72. The van der Waals surface area contributed by atoms with Crippen LogP contribution in [-0.2, 0) is 0 Å². The molecule has 0 radical (unpaired) electrons. The summed E-state index contributed by atoms with van der Waals surface area (Å²) in [5, 5.41) is 0. The number of anilines is 2. The fourth-order valence-corrected chi connectivity index (χ4v) is 6.33. The van der Waals surface area contributed by atoms with E-state index in [1.54, 1.807) is 0 Å². The molecule has 218 valence electrons. The zero-order valence-electron chi connectivity index (χ0n) is 26.7. The molecule has 42 heavy (non-hydrogen) atoms. The summed E-state index contributed by atoms with van der Waals surface area (Å²) < 4.78 is 4.79. The van der Waals surface area contributed by atoms with Crippen LogP contribution in [0.1, 0.15) is 50.2 Å². The van der Waals surface area contributed by atoms with E-state index in [0.29, 0.717) is 0 Å². The molecule has 3 aromatic carbocycles. The minimum absolute atomic E-state index is 1.01. The summed E-state index contributed by atoms with van der Waals surface area (Å²) in [6, 6.07) is 31.7. The Bertz CT molecular complexity index is 1540. The molecule has 0 aliphatic carbocycles. The third-order valence-corrected chi connectivity index (χ3v) is 8.73. The average molecular weight is 559 g/mol. The van der Waals surface area contributed by atoms with Crippen molar-refractivity contribution in [2.45, 2.75) is 55.4 Å². The highest BCUT2D eigenvalue weighted by Gasteiger charge is 2.16. The lowest BCUT2D eigenvalue weighted by atomic mass is 10.1. The third kappa shape index (κ3) is 5.38. The van der Waals surface area contributed by atoms with Crippen LogP contribution in [0, 0.1) is 27.7 Å². The Kier molecular flexibility index (Phi) is 8.63. The first-order chi connectivity index (χ1) is 20.3. The molecule has 0 spiro atoms. The highest BCUT2D eigenvalue weighted by atomic mass is 15.1. The third-order valence-electron chi connectivity index (χ3n) is 8.73. The molecule has 5 rings (SSSR count). The zero-order valence-corrected chi connectivity index (χ0v) is 26.7. The molecule has 2 aromatic heterocycles. The van der Waals surface area contributed by atoms with Crippen LogP contribution in [0.3, 0.4) is 0 Å². The van der Waals surface area contributed by atoms with Crippen LogP contribution in [0.2, 0.25) is 0 Å². The Hall–Kier alpha value is -4.18. The lowest BCUT2D eigenvalue weighted by molar-refractivity contribution is 0.864. The predicted molar refractivity (Wildman–Crippen MR) is 182 cm³/mol. The van der Waals surface area contributed by atoms with E-state index in [2.05, 4.69) is 159 Å². The van der Waals surface area contributed by atoms with Crippen molar-refractivity contribution in [2.75, 3.05) is 36.0 Å². The topological polar surface area (TPSA) is 16.3 Å². The monoisotopic (exact) mass is 558 g/mol. The summed E-state index contributed by atoms with van der Waals surface area (Å²) in [5.41, 5.74) is 14.9. The molecule has 4 heteroatoms. The molecule has 0 amide bonds. The number of hydrogen-bond acceptors (Lipinski definition) is 2. The van der Waals surface area contributed by atoms with Gasteiger partial charge in [-0.1, -0.05) is 24.3 Å². The first-order valence-electron chi connectivity index (χ1n) is 15.5. The minimum atomic E-state index is 1.01. The number of rotatable bonds is 10. The van der Waals surface area contributed by atoms with Crippen molar-refractivity contribution in [3.05, 3.63) is 107 Å². The summed E-state index contributed by atoms with van der Waals surface area (Å²) in [6.45, 7) is 21.7. The van der Waals surface area contributed by atoms with E-state index in [9.17, 15) is 0 Å². The lowest BCUT2D eigenvalue weighted by Gasteiger charge is -2.23. The van der Waals surface area contributed by atoms with E-state index < -0.39 is 0 Å². The average Bonchev–Trinajstić information content (AvgIpc) is 3.57. The standard InChI is InChI=1S/C38H46N4/c1-9-39(10-2)33-19-23-35(27(5)25-33)41-29(7)13-21-37(41)31-15-17-32(18-16-31)38-22-14-30(8)42(38)36-24-20-34(26-28(36)6)40(11-3)12-4/h13-26H,9-12H2,1-8H3. The molecule has 0 saturated carbocycles. The van der Waals surface area contributed by atoms with E-state index in [1.807, 2.05) is 0 Å². The van der Waals surface area contributed by atoms with E-state index >= 15 is 0 Å². The van der Waals surface area contributed by atoms with Gasteiger partial charge < -0.3 is 18.9 Å².